The van der Waals surface area contributed by atoms with Crippen LogP contribution in [0.5, 0.6) is 11.5 Å². The molecular weight excluding hydrogens is 642 g/mol. The standard InChI is InChI=1S/C34H45N3O12/c1-6-22(20-27(39)40)37(30(42)31(43)44)23-15-13-21(14-16-23)19-24(36-33(46)49-34(3,4)5)29(41)35-17-8-9-18-48-26-12-10-11-25(38)28(26)32(45)47-7-2/h10-16,22,24,38H,6-9,17-20H2,1-5H3,(H,35,41)(H,36,46)(H,39,40)(H,43,44)/t22?,24-/m0/s1. The molecule has 0 fully saturated rings. The Hall–Kier alpha value is -5.34. The van der Waals surface area contributed by atoms with Crippen LogP contribution < -0.4 is 20.3 Å². The molecule has 2 aromatic carbocycles. The molecule has 1 unspecified atom stereocenters. The molecule has 2 rings (SSSR count). The number of ether oxygens (including phenoxy) is 3. The number of alkyl carbamates (subject to hydrolysis) is 1. The van der Waals surface area contributed by atoms with Gasteiger partial charge in [-0.05, 0) is 76.8 Å². The number of hydrogen-bond acceptors (Lipinski definition) is 10. The molecule has 0 heterocycles. The third-order valence-corrected chi connectivity index (χ3v) is 6.92. The average molecular weight is 688 g/mol. The van der Waals surface area contributed by atoms with E-state index in [-0.39, 0.29) is 55.4 Å². The van der Waals surface area contributed by atoms with Crippen molar-refractivity contribution in [1.82, 2.24) is 10.6 Å². The summed E-state index contributed by atoms with van der Waals surface area (Å²) in [6, 6.07) is 8.42. The quantitative estimate of drug-likeness (QED) is 0.0915. The lowest BCUT2D eigenvalue weighted by Gasteiger charge is -2.29. The number of carboxylic acids is 2. The second kappa shape index (κ2) is 18.9. The SMILES string of the molecule is CCOC(=O)c1c(O)cccc1OCCCCNC(=O)[C@H](Cc1ccc(N(C(=O)C(=O)O)C(CC)CC(=O)O)cc1)NC(=O)OC(C)(C)C. The highest BCUT2D eigenvalue weighted by Gasteiger charge is 2.31. The highest BCUT2D eigenvalue weighted by Crippen LogP contribution is 2.28. The van der Waals surface area contributed by atoms with Gasteiger partial charge in [0.15, 0.2) is 0 Å². The van der Waals surface area contributed by atoms with Gasteiger partial charge in [0.1, 0.15) is 28.7 Å². The van der Waals surface area contributed by atoms with Gasteiger partial charge in [0.05, 0.1) is 19.6 Å². The van der Waals surface area contributed by atoms with Crippen LogP contribution in [0.1, 0.15) is 76.2 Å². The summed E-state index contributed by atoms with van der Waals surface area (Å²) in [6.45, 7) is 8.82. The predicted molar refractivity (Wildman–Crippen MR) is 177 cm³/mol. The molecule has 2 atom stereocenters. The van der Waals surface area contributed by atoms with Gasteiger partial charge in [-0.2, -0.15) is 0 Å². The smallest absolute Gasteiger partial charge is 0.408 e. The number of anilines is 1. The maximum atomic E-state index is 13.2. The van der Waals surface area contributed by atoms with Crippen molar-refractivity contribution in [2.45, 2.75) is 84.4 Å². The summed E-state index contributed by atoms with van der Waals surface area (Å²) in [5.41, 5.74) is -0.201. The molecule has 0 saturated heterocycles. The number of aliphatic carboxylic acids is 2. The molecule has 0 aromatic heterocycles. The van der Waals surface area contributed by atoms with Gasteiger partial charge >= 0.3 is 29.9 Å². The Kier molecular flexibility index (Phi) is 15.3. The van der Waals surface area contributed by atoms with E-state index < -0.39 is 59.9 Å². The van der Waals surface area contributed by atoms with E-state index in [2.05, 4.69) is 10.6 Å². The summed E-state index contributed by atoms with van der Waals surface area (Å²) >= 11 is 0. The van der Waals surface area contributed by atoms with Crippen LogP contribution >= 0.6 is 0 Å². The lowest BCUT2D eigenvalue weighted by molar-refractivity contribution is -0.149. The van der Waals surface area contributed by atoms with Crippen LogP contribution in [0.15, 0.2) is 42.5 Å². The lowest BCUT2D eigenvalue weighted by atomic mass is 10.0. The first kappa shape index (κ1) is 39.8. The van der Waals surface area contributed by atoms with E-state index >= 15 is 0 Å². The second-order valence-corrected chi connectivity index (χ2v) is 11.9. The Labute approximate surface area is 284 Å². The Bertz CT molecular complexity index is 1470. The van der Waals surface area contributed by atoms with Crippen molar-refractivity contribution in [3.8, 4) is 11.5 Å². The molecule has 0 bridgehead atoms. The lowest BCUT2D eigenvalue weighted by Crippen LogP contribution is -2.49. The second-order valence-electron chi connectivity index (χ2n) is 11.9. The van der Waals surface area contributed by atoms with E-state index in [4.69, 9.17) is 14.2 Å². The minimum atomic E-state index is -1.74. The first-order valence-corrected chi connectivity index (χ1v) is 15.8. The normalized spacial score (nSPS) is 12.2. The first-order valence-electron chi connectivity index (χ1n) is 15.8. The fourth-order valence-electron chi connectivity index (χ4n) is 4.70. The first-order chi connectivity index (χ1) is 23.1. The number of aromatic hydroxyl groups is 1. The van der Waals surface area contributed by atoms with Gasteiger partial charge in [-0.15, -0.1) is 0 Å². The molecule has 0 aliphatic rings. The number of hydrogen-bond donors (Lipinski definition) is 5. The molecule has 0 aliphatic heterocycles. The molecule has 0 spiro atoms. The number of nitrogens with zero attached hydrogens (tertiary/aromatic N) is 1. The molecular formula is C34H45N3O12. The van der Waals surface area contributed by atoms with Crippen LogP contribution in [-0.2, 0) is 35.1 Å². The van der Waals surface area contributed by atoms with E-state index in [1.54, 1.807) is 46.8 Å². The number of nitrogens with one attached hydrogen (secondary N) is 2. The average Bonchev–Trinajstić information content (AvgIpc) is 3.01. The fourth-order valence-corrected chi connectivity index (χ4v) is 4.70. The summed E-state index contributed by atoms with van der Waals surface area (Å²) in [7, 11) is 0. The number of esters is 1. The molecule has 49 heavy (non-hydrogen) atoms. The van der Waals surface area contributed by atoms with Gasteiger partial charge < -0.3 is 40.2 Å². The molecule has 3 amide bonds. The van der Waals surface area contributed by atoms with E-state index in [9.17, 15) is 44.1 Å². The zero-order valence-corrected chi connectivity index (χ0v) is 28.3. The molecule has 15 heteroatoms. The number of carboxylic acid groups (broad SMARTS) is 2. The molecule has 2 aromatic rings. The zero-order chi connectivity index (χ0) is 36.7. The van der Waals surface area contributed by atoms with Gasteiger partial charge in [0.2, 0.25) is 5.91 Å². The van der Waals surface area contributed by atoms with Crippen molar-refractivity contribution in [3.05, 3.63) is 53.6 Å². The van der Waals surface area contributed by atoms with Crippen molar-refractivity contribution in [2.24, 2.45) is 0 Å². The van der Waals surface area contributed by atoms with E-state index in [1.165, 1.54) is 30.3 Å². The largest absolute Gasteiger partial charge is 0.507 e. The number of carbonyl (C=O) groups is 6. The van der Waals surface area contributed by atoms with Crippen molar-refractivity contribution in [1.29, 1.82) is 0 Å². The topological polar surface area (TPSA) is 218 Å². The molecule has 5 N–H and O–H groups in total. The van der Waals surface area contributed by atoms with Crippen molar-refractivity contribution >= 4 is 41.5 Å². The third-order valence-electron chi connectivity index (χ3n) is 6.92. The molecule has 0 saturated carbocycles. The van der Waals surface area contributed by atoms with E-state index in [0.717, 1.165) is 4.90 Å². The number of benzene rings is 2. The number of rotatable bonds is 17. The number of carbonyl (C=O) groups excluding carboxylic acids is 4. The number of phenols is 1. The predicted octanol–water partition coefficient (Wildman–Crippen LogP) is 3.65. The highest BCUT2D eigenvalue weighted by atomic mass is 16.6. The van der Waals surface area contributed by atoms with Crippen LogP contribution in [0.4, 0.5) is 10.5 Å². The summed E-state index contributed by atoms with van der Waals surface area (Å²) < 4.78 is 16.0. The van der Waals surface area contributed by atoms with Crippen LogP contribution in [-0.4, -0.2) is 88.6 Å². The van der Waals surface area contributed by atoms with Crippen molar-refractivity contribution in [3.63, 3.8) is 0 Å². The minimum Gasteiger partial charge on any atom is -0.507 e. The Morgan fingerprint density at radius 3 is 2.18 bits per heavy atom. The van der Waals surface area contributed by atoms with Gasteiger partial charge in [0, 0.05) is 24.7 Å². The van der Waals surface area contributed by atoms with Crippen LogP contribution in [0.25, 0.3) is 0 Å². The summed E-state index contributed by atoms with van der Waals surface area (Å²) in [4.78, 5) is 74.4. The van der Waals surface area contributed by atoms with Gasteiger partial charge in [-0.25, -0.2) is 14.4 Å². The maximum Gasteiger partial charge on any atom is 0.408 e. The zero-order valence-electron chi connectivity index (χ0n) is 28.3. The minimum absolute atomic E-state index is 0.00180. The number of phenolic OH excluding ortho intramolecular Hbond substituents is 1. The Morgan fingerprint density at radius 2 is 1.61 bits per heavy atom. The van der Waals surface area contributed by atoms with Crippen LogP contribution in [0.3, 0.4) is 0 Å². The summed E-state index contributed by atoms with van der Waals surface area (Å²) in [5, 5.41) is 34.1. The third kappa shape index (κ3) is 13.0. The highest BCUT2D eigenvalue weighted by molar-refractivity contribution is 6.37. The Morgan fingerprint density at radius 1 is 0.939 bits per heavy atom. The van der Waals surface area contributed by atoms with E-state index in [0.29, 0.717) is 18.4 Å². The van der Waals surface area contributed by atoms with Crippen LogP contribution in [0, 0.1) is 0 Å². The van der Waals surface area contributed by atoms with Gasteiger partial charge in [-0.3, -0.25) is 19.3 Å². The summed E-state index contributed by atoms with van der Waals surface area (Å²) in [5.74, 6) is -5.54. The fraction of sp³-hybridized carbons (Fsp3) is 0.471. The molecule has 268 valence electrons. The van der Waals surface area contributed by atoms with E-state index in [1.807, 2.05) is 0 Å². The molecule has 0 aliphatic carbocycles. The maximum absolute atomic E-state index is 13.2. The van der Waals surface area contributed by atoms with Crippen LogP contribution in [0.2, 0.25) is 0 Å². The molecule has 15 nitrogen and oxygen atoms in total. The van der Waals surface area contributed by atoms with Crippen molar-refractivity contribution < 1.29 is 58.3 Å². The monoisotopic (exact) mass is 687 g/mol. The number of unbranched alkanes of at least 4 members (excludes halogenated alkanes) is 1. The van der Waals surface area contributed by atoms with Gasteiger partial charge in [0.25, 0.3) is 0 Å². The number of amides is 3. The summed E-state index contributed by atoms with van der Waals surface area (Å²) in [6.07, 6.45) is -0.159. The molecule has 0 radical (unpaired) electrons. The van der Waals surface area contributed by atoms with Gasteiger partial charge in [-0.1, -0.05) is 25.1 Å². The Balaban J connectivity index is 2.11. The van der Waals surface area contributed by atoms with Crippen molar-refractivity contribution in [2.75, 3.05) is 24.7 Å².